The maximum Gasteiger partial charge on any atom is 0.256 e. The van der Waals surface area contributed by atoms with E-state index in [-0.39, 0.29) is 11.3 Å². The molecular formula is C9H8ClFO2. The van der Waals surface area contributed by atoms with Crippen LogP contribution in [0.25, 0.3) is 0 Å². The van der Waals surface area contributed by atoms with Crippen molar-refractivity contribution >= 4 is 16.8 Å². The van der Waals surface area contributed by atoms with Crippen molar-refractivity contribution in [2.45, 2.75) is 6.92 Å². The summed E-state index contributed by atoms with van der Waals surface area (Å²) in [5, 5.41) is -0.644. The Kier molecular flexibility index (Phi) is 2.88. The number of halogens is 2. The molecule has 2 nitrogen and oxygen atoms in total. The predicted octanol–water partition coefficient (Wildman–Crippen LogP) is 2.52. The summed E-state index contributed by atoms with van der Waals surface area (Å²) in [4.78, 5) is 10.9. The number of hydrogen-bond donors (Lipinski definition) is 0. The van der Waals surface area contributed by atoms with Crippen LogP contribution in [-0.4, -0.2) is 12.4 Å². The van der Waals surface area contributed by atoms with Gasteiger partial charge in [-0.15, -0.1) is 0 Å². The molecule has 0 atom stereocenters. The summed E-state index contributed by atoms with van der Waals surface area (Å²) in [5.41, 5.74) is 0.683. The summed E-state index contributed by atoms with van der Waals surface area (Å²) in [7, 11) is 1.36. The number of hydrogen-bond acceptors (Lipinski definition) is 2. The number of aryl methyl sites for hydroxylation is 1. The fraction of sp³-hybridized carbons (Fsp3) is 0.222. The van der Waals surface area contributed by atoms with Gasteiger partial charge in [-0.05, 0) is 30.2 Å². The predicted molar refractivity (Wildman–Crippen MR) is 47.9 cm³/mol. The molecule has 0 N–H and O–H groups in total. The Labute approximate surface area is 80.3 Å². The molecule has 1 aromatic rings. The van der Waals surface area contributed by atoms with Crippen LogP contribution in [0.5, 0.6) is 5.75 Å². The molecule has 0 radical (unpaired) electrons. The van der Waals surface area contributed by atoms with Crippen LogP contribution >= 0.6 is 11.6 Å². The minimum Gasteiger partial charge on any atom is -0.496 e. The van der Waals surface area contributed by atoms with Gasteiger partial charge in [0.05, 0.1) is 12.7 Å². The second kappa shape index (κ2) is 3.75. The standard InChI is InChI=1S/C9H8ClFO2/c1-5-3-6(11)4-7(13-2)8(5)9(10)12/h3-4H,1-2H3. The molecule has 0 bridgehead atoms. The van der Waals surface area contributed by atoms with Crippen LogP contribution in [0.1, 0.15) is 15.9 Å². The molecule has 70 valence electrons. The molecule has 0 heterocycles. The number of methoxy groups -OCH3 is 1. The van der Waals surface area contributed by atoms with E-state index in [0.717, 1.165) is 6.07 Å². The number of ether oxygens (including phenoxy) is 1. The molecular weight excluding hydrogens is 195 g/mol. The molecule has 1 aromatic carbocycles. The molecule has 13 heavy (non-hydrogen) atoms. The van der Waals surface area contributed by atoms with Crippen molar-refractivity contribution in [3.8, 4) is 5.75 Å². The normalized spacial score (nSPS) is 9.85. The highest BCUT2D eigenvalue weighted by atomic mass is 35.5. The molecule has 4 heteroatoms. The number of rotatable bonds is 2. The highest BCUT2D eigenvalue weighted by molar-refractivity contribution is 6.68. The Bertz CT molecular complexity index is 350. The maximum absolute atomic E-state index is 12.8. The van der Waals surface area contributed by atoms with E-state index >= 15 is 0 Å². The lowest BCUT2D eigenvalue weighted by Gasteiger charge is -2.07. The zero-order valence-electron chi connectivity index (χ0n) is 7.23. The van der Waals surface area contributed by atoms with Crippen LogP contribution in [0.15, 0.2) is 12.1 Å². The topological polar surface area (TPSA) is 26.3 Å². The molecule has 0 aliphatic carbocycles. The van der Waals surface area contributed by atoms with Crippen LogP contribution in [0.4, 0.5) is 4.39 Å². The first-order valence-electron chi connectivity index (χ1n) is 3.60. The molecule has 0 amide bonds. The van der Waals surface area contributed by atoms with E-state index in [4.69, 9.17) is 16.3 Å². The van der Waals surface area contributed by atoms with Gasteiger partial charge in [-0.25, -0.2) is 4.39 Å². The number of carbonyl (C=O) groups is 1. The first kappa shape index (κ1) is 9.99. The average molecular weight is 203 g/mol. The Morgan fingerprint density at radius 1 is 1.54 bits per heavy atom. The minimum absolute atomic E-state index is 0.164. The Morgan fingerprint density at radius 3 is 2.62 bits per heavy atom. The van der Waals surface area contributed by atoms with Crippen molar-refractivity contribution in [3.63, 3.8) is 0 Å². The van der Waals surface area contributed by atoms with Crippen LogP contribution in [0.2, 0.25) is 0 Å². The van der Waals surface area contributed by atoms with Gasteiger partial charge in [-0.1, -0.05) is 0 Å². The summed E-state index contributed by atoms with van der Waals surface area (Å²) < 4.78 is 17.6. The summed E-state index contributed by atoms with van der Waals surface area (Å²) in [6.07, 6.45) is 0. The van der Waals surface area contributed by atoms with E-state index in [2.05, 4.69) is 0 Å². The van der Waals surface area contributed by atoms with Crippen molar-refractivity contribution in [2.75, 3.05) is 7.11 Å². The Morgan fingerprint density at radius 2 is 2.15 bits per heavy atom. The van der Waals surface area contributed by atoms with Crippen LogP contribution in [0, 0.1) is 12.7 Å². The van der Waals surface area contributed by atoms with E-state index in [0.29, 0.717) is 5.56 Å². The third-order valence-electron chi connectivity index (χ3n) is 1.68. The zero-order chi connectivity index (χ0) is 10.0. The molecule has 0 fully saturated rings. The Hall–Kier alpha value is -1.09. The van der Waals surface area contributed by atoms with E-state index in [1.54, 1.807) is 6.92 Å². The fourth-order valence-corrected chi connectivity index (χ4v) is 1.37. The SMILES string of the molecule is COc1cc(F)cc(C)c1C(=O)Cl. The third-order valence-corrected chi connectivity index (χ3v) is 1.87. The highest BCUT2D eigenvalue weighted by Gasteiger charge is 2.14. The van der Waals surface area contributed by atoms with Crippen molar-refractivity contribution in [3.05, 3.63) is 29.1 Å². The van der Waals surface area contributed by atoms with E-state index in [9.17, 15) is 9.18 Å². The number of carbonyl (C=O) groups excluding carboxylic acids is 1. The van der Waals surface area contributed by atoms with Gasteiger partial charge in [0, 0.05) is 6.07 Å². The first-order valence-corrected chi connectivity index (χ1v) is 3.98. The van der Waals surface area contributed by atoms with Gasteiger partial charge in [0.1, 0.15) is 11.6 Å². The van der Waals surface area contributed by atoms with Crippen LogP contribution in [-0.2, 0) is 0 Å². The van der Waals surface area contributed by atoms with Crippen molar-refractivity contribution in [1.82, 2.24) is 0 Å². The quantitative estimate of drug-likeness (QED) is 0.689. The van der Waals surface area contributed by atoms with Crippen molar-refractivity contribution in [2.24, 2.45) is 0 Å². The summed E-state index contributed by atoms with van der Waals surface area (Å²) in [6.45, 7) is 1.60. The summed E-state index contributed by atoms with van der Waals surface area (Å²) in [5.74, 6) is -0.284. The fourth-order valence-electron chi connectivity index (χ4n) is 1.13. The van der Waals surface area contributed by atoms with Gasteiger partial charge in [-0.2, -0.15) is 0 Å². The largest absolute Gasteiger partial charge is 0.496 e. The zero-order valence-corrected chi connectivity index (χ0v) is 7.98. The lowest BCUT2D eigenvalue weighted by molar-refractivity contribution is 0.107. The van der Waals surface area contributed by atoms with E-state index in [1.165, 1.54) is 13.2 Å². The van der Waals surface area contributed by atoms with Gasteiger partial charge >= 0.3 is 0 Å². The minimum atomic E-state index is -0.644. The van der Waals surface area contributed by atoms with Gasteiger partial charge in [0.2, 0.25) is 0 Å². The second-order valence-corrected chi connectivity index (χ2v) is 2.92. The van der Waals surface area contributed by atoms with Gasteiger partial charge in [0.25, 0.3) is 5.24 Å². The summed E-state index contributed by atoms with van der Waals surface area (Å²) in [6, 6.07) is 2.36. The summed E-state index contributed by atoms with van der Waals surface area (Å²) >= 11 is 5.30. The average Bonchev–Trinajstić information content (AvgIpc) is 2.01. The molecule has 0 aliphatic rings. The molecule has 0 aromatic heterocycles. The third kappa shape index (κ3) is 1.98. The van der Waals surface area contributed by atoms with Gasteiger partial charge in [0.15, 0.2) is 0 Å². The lowest BCUT2D eigenvalue weighted by atomic mass is 10.1. The van der Waals surface area contributed by atoms with Crippen LogP contribution < -0.4 is 4.74 Å². The van der Waals surface area contributed by atoms with Crippen molar-refractivity contribution in [1.29, 1.82) is 0 Å². The monoisotopic (exact) mass is 202 g/mol. The molecule has 0 saturated carbocycles. The van der Waals surface area contributed by atoms with Gasteiger partial charge < -0.3 is 4.74 Å². The second-order valence-electron chi connectivity index (χ2n) is 2.57. The van der Waals surface area contributed by atoms with Crippen molar-refractivity contribution < 1.29 is 13.9 Å². The van der Waals surface area contributed by atoms with Gasteiger partial charge in [-0.3, -0.25) is 4.79 Å². The van der Waals surface area contributed by atoms with E-state index in [1.807, 2.05) is 0 Å². The molecule has 0 saturated heterocycles. The highest BCUT2D eigenvalue weighted by Crippen LogP contribution is 2.25. The molecule has 0 spiro atoms. The lowest BCUT2D eigenvalue weighted by Crippen LogP contribution is -1.99. The number of benzene rings is 1. The van der Waals surface area contributed by atoms with Crippen LogP contribution in [0.3, 0.4) is 0 Å². The first-order chi connectivity index (χ1) is 6.06. The van der Waals surface area contributed by atoms with E-state index < -0.39 is 11.1 Å². The molecule has 0 unspecified atom stereocenters. The molecule has 0 aliphatic heterocycles. The maximum atomic E-state index is 12.8. The smallest absolute Gasteiger partial charge is 0.256 e. The Balaban J connectivity index is 3.38. The molecule has 1 rings (SSSR count).